The third-order valence-electron chi connectivity index (χ3n) is 4.51. The van der Waals surface area contributed by atoms with E-state index < -0.39 is 10.0 Å². The van der Waals surface area contributed by atoms with E-state index in [1.165, 1.54) is 4.31 Å². The summed E-state index contributed by atoms with van der Waals surface area (Å²) in [5.41, 5.74) is 1.32. The molecule has 3 aromatic carbocycles. The number of nitrogens with zero attached hydrogens (tertiary/aromatic N) is 3. The smallest absolute Gasteiger partial charge is 0.265 e. The van der Waals surface area contributed by atoms with Gasteiger partial charge < -0.3 is 4.52 Å². The van der Waals surface area contributed by atoms with Crippen LogP contribution >= 0.6 is 11.6 Å². The van der Waals surface area contributed by atoms with E-state index in [0.29, 0.717) is 27.0 Å². The van der Waals surface area contributed by atoms with Crippen molar-refractivity contribution in [3.63, 3.8) is 0 Å². The lowest BCUT2D eigenvalue weighted by atomic mass is 10.1. The minimum Gasteiger partial charge on any atom is -0.337 e. The van der Waals surface area contributed by atoms with Gasteiger partial charge in [-0.2, -0.15) is 4.98 Å². The number of sulfonamides is 1. The second-order valence-corrected chi connectivity index (χ2v) is 8.43. The lowest BCUT2D eigenvalue weighted by Gasteiger charge is -2.16. The second-order valence-electron chi connectivity index (χ2n) is 6.17. The Labute approximate surface area is 160 Å². The van der Waals surface area contributed by atoms with Crippen LogP contribution in [-0.2, 0) is 16.6 Å². The number of aromatic nitrogens is 2. The zero-order valence-corrected chi connectivity index (χ0v) is 15.4. The van der Waals surface area contributed by atoms with Crippen molar-refractivity contribution < 1.29 is 12.9 Å². The molecule has 6 nitrogen and oxygen atoms in total. The molecule has 8 heteroatoms. The quantitative estimate of drug-likeness (QED) is 0.516. The summed E-state index contributed by atoms with van der Waals surface area (Å²) >= 11 is 6.00. The molecule has 0 amide bonds. The molecular formula is C19H12ClN3O3S. The Morgan fingerprint density at radius 2 is 1.81 bits per heavy atom. The Hall–Kier alpha value is -2.90. The van der Waals surface area contributed by atoms with Crippen molar-refractivity contribution in [1.82, 2.24) is 10.1 Å². The molecule has 0 fully saturated rings. The van der Waals surface area contributed by atoms with E-state index in [2.05, 4.69) is 10.1 Å². The molecular weight excluding hydrogens is 386 g/mol. The summed E-state index contributed by atoms with van der Waals surface area (Å²) in [6.07, 6.45) is 0. The maximum Gasteiger partial charge on any atom is 0.265 e. The molecule has 1 aromatic heterocycles. The first kappa shape index (κ1) is 16.3. The van der Waals surface area contributed by atoms with Crippen molar-refractivity contribution in [3.8, 4) is 11.4 Å². The molecule has 0 saturated heterocycles. The number of hydrogen-bond acceptors (Lipinski definition) is 5. The highest BCUT2D eigenvalue weighted by atomic mass is 35.5. The summed E-state index contributed by atoms with van der Waals surface area (Å²) < 4.78 is 32.6. The highest BCUT2D eigenvalue weighted by Crippen LogP contribution is 2.42. The van der Waals surface area contributed by atoms with Crippen LogP contribution < -0.4 is 4.31 Å². The van der Waals surface area contributed by atoms with Crippen molar-refractivity contribution in [3.05, 3.63) is 71.6 Å². The van der Waals surface area contributed by atoms with E-state index in [0.717, 1.165) is 10.8 Å². The molecule has 0 aliphatic carbocycles. The van der Waals surface area contributed by atoms with Gasteiger partial charge in [-0.3, -0.25) is 4.31 Å². The van der Waals surface area contributed by atoms with Gasteiger partial charge in [0.15, 0.2) is 0 Å². The van der Waals surface area contributed by atoms with E-state index in [1.807, 2.05) is 24.3 Å². The van der Waals surface area contributed by atoms with Gasteiger partial charge in [0.1, 0.15) is 6.54 Å². The number of rotatable bonds is 3. The second kappa shape index (κ2) is 5.80. The number of halogens is 1. The van der Waals surface area contributed by atoms with Crippen molar-refractivity contribution in [1.29, 1.82) is 0 Å². The fraction of sp³-hybridized carbons (Fsp3) is 0.0526. The topological polar surface area (TPSA) is 76.3 Å². The van der Waals surface area contributed by atoms with Gasteiger partial charge in [-0.05, 0) is 29.7 Å². The van der Waals surface area contributed by atoms with E-state index >= 15 is 0 Å². The number of anilines is 1. The molecule has 5 rings (SSSR count). The summed E-state index contributed by atoms with van der Waals surface area (Å²) in [5.74, 6) is 0.568. The highest BCUT2D eigenvalue weighted by Gasteiger charge is 2.36. The molecule has 0 bridgehead atoms. The molecule has 0 N–H and O–H groups in total. The SMILES string of the molecule is O=S1(=O)c2cccc3cccc(c23)N1Cc1nc(-c2cccc(Cl)c2)no1. The minimum absolute atomic E-state index is 0.0380. The summed E-state index contributed by atoms with van der Waals surface area (Å²) in [6, 6.07) is 17.8. The van der Waals surface area contributed by atoms with Gasteiger partial charge in [-0.1, -0.05) is 53.2 Å². The van der Waals surface area contributed by atoms with Crippen LogP contribution in [0.25, 0.3) is 22.2 Å². The number of benzene rings is 3. The zero-order valence-electron chi connectivity index (χ0n) is 13.8. The van der Waals surface area contributed by atoms with Crippen LogP contribution in [0.1, 0.15) is 5.89 Å². The van der Waals surface area contributed by atoms with Gasteiger partial charge in [-0.25, -0.2) is 8.42 Å². The van der Waals surface area contributed by atoms with Crippen LogP contribution in [0.4, 0.5) is 5.69 Å². The molecule has 2 heterocycles. The molecule has 0 radical (unpaired) electrons. The largest absolute Gasteiger partial charge is 0.337 e. The normalized spacial score (nSPS) is 14.8. The average molecular weight is 398 g/mol. The molecule has 0 atom stereocenters. The zero-order chi connectivity index (χ0) is 18.6. The monoisotopic (exact) mass is 397 g/mol. The third-order valence-corrected chi connectivity index (χ3v) is 6.55. The lowest BCUT2D eigenvalue weighted by Crippen LogP contribution is -2.26. The molecule has 134 valence electrons. The molecule has 27 heavy (non-hydrogen) atoms. The standard InChI is InChI=1S/C19H12ClN3O3S/c20-14-7-1-6-13(10-14)19-21-17(26-22-19)11-23-15-8-2-4-12-5-3-9-16(18(12)15)27(23,24)25/h1-10H,11H2. The Morgan fingerprint density at radius 3 is 2.63 bits per heavy atom. The van der Waals surface area contributed by atoms with E-state index in [1.54, 1.807) is 36.4 Å². The lowest BCUT2D eigenvalue weighted by molar-refractivity contribution is 0.380. The molecule has 1 aliphatic heterocycles. The van der Waals surface area contributed by atoms with Crippen LogP contribution in [0.5, 0.6) is 0 Å². The van der Waals surface area contributed by atoms with Crippen LogP contribution in [0.2, 0.25) is 5.02 Å². The first-order chi connectivity index (χ1) is 13.0. The maximum atomic E-state index is 13.0. The van der Waals surface area contributed by atoms with Crippen LogP contribution in [0.3, 0.4) is 0 Å². The van der Waals surface area contributed by atoms with Gasteiger partial charge in [0.25, 0.3) is 10.0 Å². The van der Waals surface area contributed by atoms with Gasteiger partial charge in [0.05, 0.1) is 10.6 Å². The Balaban J connectivity index is 1.55. The summed E-state index contributed by atoms with van der Waals surface area (Å²) in [7, 11) is -3.67. The fourth-order valence-corrected chi connectivity index (χ4v) is 5.17. The van der Waals surface area contributed by atoms with Gasteiger partial charge in [0, 0.05) is 16.0 Å². The van der Waals surface area contributed by atoms with E-state index in [-0.39, 0.29) is 12.4 Å². The van der Waals surface area contributed by atoms with Gasteiger partial charge in [0.2, 0.25) is 11.7 Å². The highest BCUT2D eigenvalue weighted by molar-refractivity contribution is 7.93. The summed E-state index contributed by atoms with van der Waals surface area (Å²) in [6.45, 7) is -0.0380. The minimum atomic E-state index is -3.67. The predicted octanol–water partition coefficient (Wildman–Crippen LogP) is 4.25. The molecule has 4 aromatic rings. The number of hydrogen-bond donors (Lipinski definition) is 0. The van der Waals surface area contributed by atoms with Gasteiger partial charge in [-0.15, -0.1) is 0 Å². The first-order valence-electron chi connectivity index (χ1n) is 8.17. The molecule has 0 unspecified atom stereocenters. The van der Waals surface area contributed by atoms with E-state index in [9.17, 15) is 8.42 Å². The first-order valence-corrected chi connectivity index (χ1v) is 9.99. The molecule has 0 saturated carbocycles. The Morgan fingerprint density at radius 1 is 1.04 bits per heavy atom. The molecule has 0 spiro atoms. The van der Waals surface area contributed by atoms with Gasteiger partial charge >= 0.3 is 0 Å². The fourth-order valence-electron chi connectivity index (χ4n) is 3.32. The van der Waals surface area contributed by atoms with Crippen molar-refractivity contribution >= 4 is 38.1 Å². The Bertz CT molecular complexity index is 1300. The predicted molar refractivity (Wildman–Crippen MR) is 102 cm³/mol. The van der Waals surface area contributed by atoms with Crippen LogP contribution in [0, 0.1) is 0 Å². The molecule has 1 aliphatic rings. The van der Waals surface area contributed by atoms with Crippen LogP contribution in [0.15, 0.2) is 70.1 Å². The third kappa shape index (κ3) is 2.50. The van der Waals surface area contributed by atoms with Crippen molar-refractivity contribution in [2.75, 3.05) is 4.31 Å². The van der Waals surface area contributed by atoms with Crippen LogP contribution in [-0.4, -0.2) is 18.6 Å². The van der Waals surface area contributed by atoms with Crippen molar-refractivity contribution in [2.45, 2.75) is 11.4 Å². The summed E-state index contributed by atoms with van der Waals surface area (Å²) in [5, 5.41) is 6.10. The van der Waals surface area contributed by atoms with Crippen molar-refractivity contribution in [2.24, 2.45) is 0 Å². The average Bonchev–Trinajstić information content (AvgIpc) is 3.21. The van der Waals surface area contributed by atoms with E-state index in [4.69, 9.17) is 16.1 Å². The summed E-state index contributed by atoms with van der Waals surface area (Å²) in [4.78, 5) is 4.63. The Kier molecular flexibility index (Phi) is 3.50. The maximum absolute atomic E-state index is 13.0.